The standard InChI is InChI=1S/C18H24N4O3/c1-11(2)17-20-18(25-21-17)16-8-15(24)10-22(16)9-13-4-6-14(7-5-13)19-12(3)23/h4-7,11,15-16,24H,8-10H2,1-3H3,(H,19,23)/t15-,16+/m1/s1. The summed E-state index contributed by atoms with van der Waals surface area (Å²) in [5, 5.41) is 16.9. The molecule has 1 aromatic heterocycles. The van der Waals surface area contributed by atoms with Crippen molar-refractivity contribution in [1.29, 1.82) is 0 Å². The molecule has 3 rings (SSSR count). The first-order chi connectivity index (χ1) is 11.9. The van der Waals surface area contributed by atoms with Crippen molar-refractivity contribution in [3.8, 4) is 0 Å². The summed E-state index contributed by atoms with van der Waals surface area (Å²) in [5.41, 5.74) is 1.87. The van der Waals surface area contributed by atoms with Crippen LogP contribution in [-0.2, 0) is 11.3 Å². The van der Waals surface area contributed by atoms with Gasteiger partial charge in [-0.1, -0.05) is 31.1 Å². The first-order valence-corrected chi connectivity index (χ1v) is 8.54. The van der Waals surface area contributed by atoms with Gasteiger partial charge in [0.15, 0.2) is 5.82 Å². The van der Waals surface area contributed by atoms with E-state index in [0.717, 1.165) is 11.3 Å². The minimum Gasteiger partial charge on any atom is -0.392 e. The molecule has 0 aliphatic carbocycles. The maximum atomic E-state index is 11.1. The topological polar surface area (TPSA) is 91.5 Å². The van der Waals surface area contributed by atoms with Crippen LogP contribution >= 0.6 is 0 Å². The maximum absolute atomic E-state index is 11.1. The Morgan fingerprint density at radius 2 is 2.12 bits per heavy atom. The zero-order valence-electron chi connectivity index (χ0n) is 14.8. The molecule has 0 radical (unpaired) electrons. The number of aliphatic hydroxyl groups excluding tert-OH is 1. The second kappa shape index (κ2) is 7.33. The van der Waals surface area contributed by atoms with Crippen molar-refractivity contribution >= 4 is 11.6 Å². The number of hydrogen-bond acceptors (Lipinski definition) is 6. The lowest BCUT2D eigenvalue weighted by Crippen LogP contribution is -2.24. The second-order valence-corrected chi connectivity index (χ2v) is 6.86. The van der Waals surface area contributed by atoms with Gasteiger partial charge in [-0.15, -0.1) is 0 Å². The number of aromatic nitrogens is 2. The summed E-state index contributed by atoms with van der Waals surface area (Å²) in [6, 6.07) is 7.62. The predicted octanol–water partition coefficient (Wildman–Crippen LogP) is 2.46. The zero-order valence-corrected chi connectivity index (χ0v) is 14.8. The lowest BCUT2D eigenvalue weighted by molar-refractivity contribution is -0.114. The molecule has 2 aromatic rings. The number of benzene rings is 1. The fraction of sp³-hybridized carbons (Fsp3) is 0.500. The third-order valence-electron chi connectivity index (χ3n) is 4.30. The summed E-state index contributed by atoms with van der Waals surface area (Å²) in [6.45, 7) is 6.76. The van der Waals surface area contributed by atoms with E-state index in [4.69, 9.17) is 4.52 Å². The van der Waals surface area contributed by atoms with Crippen molar-refractivity contribution < 1.29 is 14.4 Å². The maximum Gasteiger partial charge on any atom is 0.244 e. The molecule has 0 saturated carbocycles. The van der Waals surface area contributed by atoms with Gasteiger partial charge in [0.1, 0.15) is 0 Å². The fourth-order valence-corrected chi connectivity index (χ4v) is 3.06. The Labute approximate surface area is 147 Å². The molecule has 2 atom stereocenters. The SMILES string of the molecule is CC(=O)Nc1ccc(CN2C[C@H](O)C[C@H]2c2nc(C(C)C)no2)cc1. The number of rotatable bonds is 5. The smallest absolute Gasteiger partial charge is 0.244 e. The van der Waals surface area contributed by atoms with E-state index in [-0.39, 0.29) is 17.9 Å². The summed E-state index contributed by atoms with van der Waals surface area (Å²) < 4.78 is 5.43. The number of anilines is 1. The second-order valence-electron chi connectivity index (χ2n) is 6.86. The van der Waals surface area contributed by atoms with Gasteiger partial charge in [-0.25, -0.2) is 0 Å². The van der Waals surface area contributed by atoms with Crippen molar-refractivity contribution in [1.82, 2.24) is 15.0 Å². The first kappa shape index (κ1) is 17.6. The van der Waals surface area contributed by atoms with Crippen LogP contribution in [-0.4, -0.2) is 38.7 Å². The Morgan fingerprint density at radius 1 is 1.40 bits per heavy atom. The minimum absolute atomic E-state index is 0.0787. The van der Waals surface area contributed by atoms with E-state index in [1.54, 1.807) is 0 Å². The Kier molecular flexibility index (Phi) is 5.15. The van der Waals surface area contributed by atoms with Crippen LogP contribution < -0.4 is 5.32 Å². The molecule has 134 valence electrons. The molecule has 1 aliphatic rings. The Hall–Kier alpha value is -2.25. The Balaban J connectivity index is 1.72. The summed E-state index contributed by atoms with van der Waals surface area (Å²) >= 11 is 0. The predicted molar refractivity (Wildman–Crippen MR) is 92.9 cm³/mol. The van der Waals surface area contributed by atoms with Gasteiger partial charge in [0.05, 0.1) is 12.1 Å². The number of nitrogens with zero attached hydrogens (tertiary/aromatic N) is 3. The number of amides is 1. The van der Waals surface area contributed by atoms with Crippen LogP contribution in [0.4, 0.5) is 5.69 Å². The van der Waals surface area contributed by atoms with Gasteiger partial charge in [-0.05, 0) is 24.1 Å². The molecule has 1 amide bonds. The molecule has 1 aliphatic heterocycles. The number of carbonyl (C=O) groups is 1. The van der Waals surface area contributed by atoms with Gasteiger partial charge >= 0.3 is 0 Å². The number of carbonyl (C=O) groups excluding carboxylic acids is 1. The molecule has 1 saturated heterocycles. The van der Waals surface area contributed by atoms with E-state index in [1.807, 2.05) is 38.1 Å². The van der Waals surface area contributed by atoms with Crippen LogP contribution in [0.25, 0.3) is 0 Å². The van der Waals surface area contributed by atoms with Crippen molar-refractivity contribution in [3.05, 3.63) is 41.5 Å². The summed E-state index contributed by atoms with van der Waals surface area (Å²) in [4.78, 5) is 17.7. The van der Waals surface area contributed by atoms with E-state index in [2.05, 4.69) is 20.4 Å². The molecule has 0 spiro atoms. The fourth-order valence-electron chi connectivity index (χ4n) is 3.06. The first-order valence-electron chi connectivity index (χ1n) is 8.54. The largest absolute Gasteiger partial charge is 0.392 e. The van der Waals surface area contributed by atoms with Gasteiger partial charge < -0.3 is 14.9 Å². The van der Waals surface area contributed by atoms with Crippen molar-refractivity contribution in [2.75, 3.05) is 11.9 Å². The molecule has 2 N–H and O–H groups in total. The van der Waals surface area contributed by atoms with E-state index in [0.29, 0.717) is 31.2 Å². The number of likely N-dealkylation sites (tertiary alicyclic amines) is 1. The average molecular weight is 344 g/mol. The van der Waals surface area contributed by atoms with Gasteiger partial charge in [0, 0.05) is 31.6 Å². The quantitative estimate of drug-likeness (QED) is 0.866. The van der Waals surface area contributed by atoms with Crippen LogP contribution in [0.1, 0.15) is 56.4 Å². The van der Waals surface area contributed by atoms with Gasteiger partial charge in [0.2, 0.25) is 11.8 Å². The van der Waals surface area contributed by atoms with Crippen LogP contribution in [0.5, 0.6) is 0 Å². The van der Waals surface area contributed by atoms with Crippen LogP contribution in [0, 0.1) is 0 Å². The van der Waals surface area contributed by atoms with Crippen molar-refractivity contribution in [2.24, 2.45) is 0 Å². The molecular weight excluding hydrogens is 320 g/mol. The highest BCUT2D eigenvalue weighted by atomic mass is 16.5. The van der Waals surface area contributed by atoms with E-state index in [9.17, 15) is 9.90 Å². The number of aliphatic hydroxyl groups is 1. The highest BCUT2D eigenvalue weighted by molar-refractivity contribution is 5.88. The Bertz CT molecular complexity index is 726. The van der Waals surface area contributed by atoms with Crippen LogP contribution in [0.3, 0.4) is 0 Å². The number of nitrogens with one attached hydrogen (secondary N) is 1. The van der Waals surface area contributed by atoms with Gasteiger partial charge in [0.25, 0.3) is 0 Å². The minimum atomic E-state index is -0.405. The number of hydrogen-bond donors (Lipinski definition) is 2. The van der Waals surface area contributed by atoms with Gasteiger partial charge in [-0.2, -0.15) is 4.98 Å². The molecule has 0 unspecified atom stereocenters. The molecular formula is C18H24N4O3. The molecule has 25 heavy (non-hydrogen) atoms. The van der Waals surface area contributed by atoms with Crippen LogP contribution in [0.2, 0.25) is 0 Å². The third kappa shape index (κ3) is 4.24. The lowest BCUT2D eigenvalue weighted by atomic mass is 10.1. The zero-order chi connectivity index (χ0) is 18.0. The van der Waals surface area contributed by atoms with Crippen molar-refractivity contribution in [2.45, 2.75) is 51.8 Å². The summed E-state index contributed by atoms with van der Waals surface area (Å²) in [7, 11) is 0. The van der Waals surface area contributed by atoms with Gasteiger partial charge in [-0.3, -0.25) is 9.69 Å². The average Bonchev–Trinajstić information content (AvgIpc) is 3.15. The monoisotopic (exact) mass is 344 g/mol. The van der Waals surface area contributed by atoms with Crippen LogP contribution in [0.15, 0.2) is 28.8 Å². The molecule has 1 aromatic carbocycles. The summed E-state index contributed by atoms with van der Waals surface area (Å²) in [5.74, 6) is 1.37. The van der Waals surface area contributed by atoms with E-state index >= 15 is 0 Å². The molecule has 1 fully saturated rings. The van der Waals surface area contributed by atoms with Crippen molar-refractivity contribution in [3.63, 3.8) is 0 Å². The third-order valence-corrected chi connectivity index (χ3v) is 4.30. The lowest BCUT2D eigenvalue weighted by Gasteiger charge is -2.21. The van der Waals surface area contributed by atoms with E-state index in [1.165, 1.54) is 6.92 Å². The molecule has 7 nitrogen and oxygen atoms in total. The highest BCUT2D eigenvalue weighted by Crippen LogP contribution is 2.33. The number of β-amino-alcohol motifs (C(OH)–C–C–N with tert-alkyl or cyclic N) is 1. The Morgan fingerprint density at radius 3 is 2.72 bits per heavy atom. The molecule has 7 heteroatoms. The molecule has 0 bridgehead atoms. The molecule has 2 heterocycles. The summed E-state index contributed by atoms with van der Waals surface area (Å²) in [6.07, 6.45) is 0.182. The van der Waals surface area contributed by atoms with E-state index < -0.39 is 6.10 Å². The highest BCUT2D eigenvalue weighted by Gasteiger charge is 2.35. The normalized spacial score (nSPS) is 21.0.